The van der Waals surface area contributed by atoms with Crippen molar-refractivity contribution >= 4 is 22.8 Å². The highest BCUT2D eigenvalue weighted by molar-refractivity contribution is 6.63. The van der Waals surface area contributed by atoms with Crippen molar-refractivity contribution in [2.75, 3.05) is 6.54 Å². The topological polar surface area (TPSA) is 64.0 Å². The van der Waals surface area contributed by atoms with E-state index in [9.17, 15) is 9.59 Å². The Morgan fingerprint density at radius 2 is 2.18 bits per heavy atom. The summed E-state index contributed by atoms with van der Waals surface area (Å²) in [6.07, 6.45) is 0.840. The largest absolute Gasteiger partial charge is 0.354 e. The lowest BCUT2D eigenvalue weighted by Crippen LogP contribution is -2.29. The molecule has 1 amide bonds. The van der Waals surface area contributed by atoms with Crippen molar-refractivity contribution in [3.8, 4) is 0 Å². The Balaban J connectivity index is 2.30. The molecule has 0 aromatic carbocycles. The lowest BCUT2D eigenvalue weighted by molar-refractivity contribution is -0.122. The molecule has 94 valence electrons. The minimum absolute atomic E-state index is 0.113. The van der Waals surface area contributed by atoms with E-state index in [1.807, 2.05) is 19.9 Å². The second-order valence-corrected chi connectivity index (χ2v) is 4.31. The van der Waals surface area contributed by atoms with Crippen LogP contribution in [-0.4, -0.2) is 27.5 Å². The molecule has 1 heterocycles. The van der Waals surface area contributed by atoms with E-state index in [0.717, 1.165) is 11.4 Å². The number of aromatic nitrogens is 2. The van der Waals surface area contributed by atoms with Gasteiger partial charge in [-0.2, -0.15) is 5.10 Å². The molecule has 0 bridgehead atoms. The zero-order chi connectivity index (χ0) is 12.8. The van der Waals surface area contributed by atoms with Gasteiger partial charge in [-0.1, -0.05) is 0 Å². The molecule has 1 aromatic rings. The van der Waals surface area contributed by atoms with Gasteiger partial charge >= 0.3 is 0 Å². The minimum Gasteiger partial charge on any atom is -0.354 e. The molecule has 6 heteroatoms. The number of nitrogens with zero attached hydrogens (tertiary/aromatic N) is 2. The zero-order valence-electron chi connectivity index (χ0n) is 9.99. The number of hydrogen-bond acceptors (Lipinski definition) is 3. The third-order valence-electron chi connectivity index (χ3n) is 2.27. The number of carbonyl (C=O) groups excluding carboxylic acids is 2. The number of nitrogens with one attached hydrogen (secondary N) is 1. The predicted molar refractivity (Wildman–Crippen MR) is 64.8 cm³/mol. The van der Waals surface area contributed by atoms with E-state index in [2.05, 4.69) is 10.4 Å². The lowest BCUT2D eigenvalue weighted by Gasteiger charge is -2.05. The smallest absolute Gasteiger partial charge is 0.241 e. The van der Waals surface area contributed by atoms with Crippen molar-refractivity contribution in [2.45, 2.75) is 33.2 Å². The molecule has 1 rings (SSSR count). The summed E-state index contributed by atoms with van der Waals surface area (Å²) < 4.78 is 1.65. The molecule has 0 atom stereocenters. The Bertz CT molecular complexity index is 415. The average molecular weight is 258 g/mol. The van der Waals surface area contributed by atoms with Crippen LogP contribution in [0.25, 0.3) is 0 Å². The van der Waals surface area contributed by atoms with E-state index in [-0.39, 0.29) is 24.1 Å². The summed E-state index contributed by atoms with van der Waals surface area (Å²) in [6, 6.07) is 1.92. The second-order valence-electron chi connectivity index (χ2n) is 3.89. The summed E-state index contributed by atoms with van der Waals surface area (Å²) in [7, 11) is 0. The molecule has 0 saturated heterocycles. The van der Waals surface area contributed by atoms with Crippen molar-refractivity contribution in [2.24, 2.45) is 0 Å². The molecule has 0 fully saturated rings. The highest BCUT2D eigenvalue weighted by Gasteiger charge is 2.06. The maximum atomic E-state index is 11.5. The van der Waals surface area contributed by atoms with Crippen LogP contribution < -0.4 is 5.32 Å². The van der Waals surface area contributed by atoms with E-state index in [0.29, 0.717) is 13.0 Å². The van der Waals surface area contributed by atoms with Gasteiger partial charge in [0.2, 0.25) is 11.1 Å². The second kappa shape index (κ2) is 6.39. The van der Waals surface area contributed by atoms with Crippen LogP contribution in [0.3, 0.4) is 0 Å². The van der Waals surface area contributed by atoms with Gasteiger partial charge in [0.15, 0.2) is 0 Å². The van der Waals surface area contributed by atoms with Crippen LogP contribution in [0.4, 0.5) is 0 Å². The van der Waals surface area contributed by atoms with E-state index >= 15 is 0 Å². The van der Waals surface area contributed by atoms with Crippen LogP contribution >= 0.6 is 11.6 Å². The maximum absolute atomic E-state index is 11.5. The highest BCUT2D eigenvalue weighted by Crippen LogP contribution is 2.01. The van der Waals surface area contributed by atoms with Crippen LogP contribution in [0.5, 0.6) is 0 Å². The monoisotopic (exact) mass is 257 g/mol. The number of amides is 1. The molecule has 5 nitrogen and oxygen atoms in total. The van der Waals surface area contributed by atoms with Gasteiger partial charge in [-0.25, -0.2) is 0 Å². The van der Waals surface area contributed by atoms with Crippen molar-refractivity contribution in [3.63, 3.8) is 0 Å². The van der Waals surface area contributed by atoms with Crippen molar-refractivity contribution in [1.82, 2.24) is 15.1 Å². The van der Waals surface area contributed by atoms with Crippen LogP contribution in [-0.2, 0) is 16.1 Å². The molecular formula is C11H16ClN3O2. The molecule has 0 saturated carbocycles. The first kappa shape index (κ1) is 13.7. The molecule has 0 aliphatic carbocycles. The van der Waals surface area contributed by atoms with Gasteiger partial charge in [0.1, 0.15) is 6.54 Å². The minimum atomic E-state index is -0.377. The molecule has 0 aliphatic rings. The van der Waals surface area contributed by atoms with Gasteiger partial charge in [-0.3, -0.25) is 14.3 Å². The van der Waals surface area contributed by atoms with E-state index < -0.39 is 0 Å². The highest BCUT2D eigenvalue weighted by atomic mass is 35.5. The summed E-state index contributed by atoms with van der Waals surface area (Å²) in [5.41, 5.74) is 1.84. The fourth-order valence-corrected chi connectivity index (χ4v) is 1.62. The van der Waals surface area contributed by atoms with Crippen molar-refractivity contribution in [1.29, 1.82) is 0 Å². The van der Waals surface area contributed by atoms with E-state index in [4.69, 9.17) is 11.6 Å². The fourth-order valence-electron chi connectivity index (χ4n) is 1.48. The number of hydrogen-bond donors (Lipinski definition) is 1. The quantitative estimate of drug-likeness (QED) is 0.614. The maximum Gasteiger partial charge on any atom is 0.241 e. The first-order valence-corrected chi connectivity index (χ1v) is 5.83. The molecule has 0 aliphatic heterocycles. The van der Waals surface area contributed by atoms with Crippen LogP contribution in [0, 0.1) is 13.8 Å². The van der Waals surface area contributed by atoms with Crippen LogP contribution in [0.2, 0.25) is 0 Å². The Hall–Kier alpha value is -1.36. The predicted octanol–water partition coefficient (Wildman–Crippen LogP) is 1.16. The summed E-state index contributed by atoms with van der Waals surface area (Å²) in [5, 5.41) is 6.52. The average Bonchev–Trinajstić information content (AvgIpc) is 2.52. The van der Waals surface area contributed by atoms with Gasteiger partial charge in [-0.05, 0) is 37.9 Å². The first-order chi connectivity index (χ1) is 7.99. The SMILES string of the molecule is Cc1cc(C)n(CC(=O)NCCCC(=O)Cl)n1. The Labute approximate surface area is 105 Å². The van der Waals surface area contributed by atoms with Crippen LogP contribution in [0.15, 0.2) is 6.07 Å². The number of halogens is 1. The van der Waals surface area contributed by atoms with Crippen LogP contribution in [0.1, 0.15) is 24.2 Å². The molecule has 1 N–H and O–H groups in total. The third kappa shape index (κ3) is 4.99. The van der Waals surface area contributed by atoms with Crippen molar-refractivity contribution < 1.29 is 9.59 Å². The Morgan fingerprint density at radius 3 is 2.71 bits per heavy atom. The molecule has 0 unspecified atom stereocenters. The Kier molecular flexibility index (Phi) is 5.15. The zero-order valence-corrected chi connectivity index (χ0v) is 10.8. The third-order valence-corrected chi connectivity index (χ3v) is 2.46. The summed E-state index contributed by atoms with van der Waals surface area (Å²) in [6.45, 7) is 4.44. The summed E-state index contributed by atoms with van der Waals surface area (Å²) >= 11 is 5.18. The summed E-state index contributed by atoms with van der Waals surface area (Å²) in [5.74, 6) is -0.113. The normalized spacial score (nSPS) is 10.3. The molecular weight excluding hydrogens is 242 g/mol. The molecule has 0 radical (unpaired) electrons. The lowest BCUT2D eigenvalue weighted by atomic mass is 10.3. The molecule has 0 spiro atoms. The standard InChI is InChI=1S/C11H16ClN3O2/c1-8-6-9(2)15(14-8)7-11(17)13-5-3-4-10(12)16/h6H,3-5,7H2,1-2H3,(H,13,17). The van der Waals surface area contributed by atoms with Gasteiger partial charge in [0, 0.05) is 18.7 Å². The van der Waals surface area contributed by atoms with E-state index in [1.54, 1.807) is 4.68 Å². The first-order valence-electron chi connectivity index (χ1n) is 5.45. The van der Waals surface area contributed by atoms with Crippen molar-refractivity contribution in [3.05, 3.63) is 17.5 Å². The molecule has 1 aromatic heterocycles. The van der Waals surface area contributed by atoms with Gasteiger partial charge in [-0.15, -0.1) is 0 Å². The fraction of sp³-hybridized carbons (Fsp3) is 0.545. The number of rotatable bonds is 6. The van der Waals surface area contributed by atoms with E-state index in [1.165, 1.54) is 0 Å². The number of aryl methyl sites for hydroxylation is 2. The van der Waals surface area contributed by atoms with Gasteiger partial charge < -0.3 is 5.32 Å². The summed E-state index contributed by atoms with van der Waals surface area (Å²) in [4.78, 5) is 22.0. The number of carbonyl (C=O) groups is 2. The Morgan fingerprint density at radius 1 is 1.47 bits per heavy atom. The molecule has 17 heavy (non-hydrogen) atoms. The van der Waals surface area contributed by atoms with Gasteiger partial charge in [0.25, 0.3) is 0 Å². The van der Waals surface area contributed by atoms with Gasteiger partial charge in [0.05, 0.1) is 5.69 Å².